The molecule has 5 N–H and O–H groups in total. The molecule has 242 valence electrons. The molecule has 0 spiro atoms. The van der Waals surface area contributed by atoms with Crippen molar-refractivity contribution in [3.05, 3.63) is 18.6 Å². The molecule has 45 heavy (non-hydrogen) atoms. The number of nitrogens with one attached hydrogen (secondary N) is 2. The van der Waals surface area contributed by atoms with Gasteiger partial charge in [-0.15, -0.1) is 16.9 Å². The summed E-state index contributed by atoms with van der Waals surface area (Å²) in [4.78, 5) is 35.2. The molecule has 0 saturated carbocycles. The number of nitrogen functional groups attached to an aromatic ring is 1. The number of carbonyl (C=O) groups is 1. The van der Waals surface area contributed by atoms with Crippen molar-refractivity contribution in [1.29, 1.82) is 5.41 Å². The van der Waals surface area contributed by atoms with Crippen LogP contribution in [0.25, 0.3) is 11.0 Å². The lowest BCUT2D eigenvalue weighted by atomic mass is 10.1. The standard InChI is InChI=1S/C20H22F2N10O8P2S3/c21-9-8-4-37-42(35,44)39-12-7(38-18(10(12)22)31-2-1-6-14(23)25-5-26-15(6)31)3-36-41(34,43)40-13(9)19(45-8)32-16-11(29-30-32)17(33)28-20(24)27-16/h1-2,5,7-13,18-19H,3-4H2,(H,34,43)(H,35,44)(H2,23,25,26)(H2,24,28,33)/t7-,8-,9-,10+,11?,12-,13-,18-,19-,41?,42?/m1/s1. The van der Waals surface area contributed by atoms with E-state index in [1.54, 1.807) is 6.07 Å². The molecule has 3 fully saturated rings. The third kappa shape index (κ3) is 5.71. The van der Waals surface area contributed by atoms with Crippen molar-refractivity contribution in [3.8, 4) is 0 Å². The molecule has 2 aromatic heterocycles. The van der Waals surface area contributed by atoms with Crippen molar-refractivity contribution < 1.29 is 45.9 Å². The lowest BCUT2D eigenvalue weighted by Crippen LogP contribution is -2.51. The minimum absolute atomic E-state index is 0.0814. The van der Waals surface area contributed by atoms with Gasteiger partial charge in [-0.1, -0.05) is 17.5 Å². The maximum absolute atomic E-state index is 16.0. The smallest absolute Gasteiger partial charge is 0.383 e. The minimum atomic E-state index is -4.44. The summed E-state index contributed by atoms with van der Waals surface area (Å²) in [5.74, 6) is -1.08. The number of aromatic nitrogens is 3. The Balaban J connectivity index is 1.17. The van der Waals surface area contributed by atoms with E-state index in [0.29, 0.717) is 5.39 Å². The summed E-state index contributed by atoms with van der Waals surface area (Å²) < 4.78 is 74.7. The van der Waals surface area contributed by atoms with E-state index in [4.69, 9.17) is 45.8 Å². The van der Waals surface area contributed by atoms with Gasteiger partial charge in [-0.3, -0.25) is 29.1 Å². The SMILES string of the molecule is N=C1N=C2C(N=NN2[C@@H]2S[C@@H]3COP(O)(=S)O[C@H]4[C@H](F)[C@H](n5ccc6c(N)ncnc65)O[C@@H]4COP(=O)(S)O[C@@H]2[C@@H]3F)C(=O)N1. The lowest BCUT2D eigenvalue weighted by Gasteiger charge is -2.30. The summed E-state index contributed by atoms with van der Waals surface area (Å²) in [6.07, 6.45) is -7.18. The third-order valence-corrected chi connectivity index (χ3v) is 12.0. The molecule has 2 aromatic rings. The molecule has 3 saturated heterocycles. The van der Waals surface area contributed by atoms with E-state index in [0.717, 1.165) is 16.8 Å². The van der Waals surface area contributed by atoms with E-state index in [-0.39, 0.29) is 17.3 Å². The second kappa shape index (κ2) is 11.5. The van der Waals surface area contributed by atoms with E-state index in [1.165, 1.54) is 17.1 Å². The lowest BCUT2D eigenvalue weighted by molar-refractivity contribution is -0.119. The minimum Gasteiger partial charge on any atom is -0.383 e. The van der Waals surface area contributed by atoms with Crippen LogP contribution in [-0.2, 0) is 44.0 Å². The summed E-state index contributed by atoms with van der Waals surface area (Å²) >= 11 is 10.0. The summed E-state index contributed by atoms with van der Waals surface area (Å²) in [7, 11) is 0. The van der Waals surface area contributed by atoms with Crippen LogP contribution in [0.2, 0.25) is 0 Å². The number of aliphatic imine (C=N–C) groups is 1. The number of anilines is 1. The molecule has 3 unspecified atom stereocenters. The molecule has 1 amide bonds. The Kier molecular flexibility index (Phi) is 8.04. The van der Waals surface area contributed by atoms with Gasteiger partial charge < -0.3 is 24.5 Å². The number of thioether (sulfide) groups is 1. The summed E-state index contributed by atoms with van der Waals surface area (Å²) in [6, 6.07) is 0.365. The number of rotatable bonds is 2. The monoisotopic (exact) mass is 726 g/mol. The molecule has 5 aliphatic heterocycles. The second-order valence-electron chi connectivity index (χ2n) is 10.2. The Morgan fingerprint density at radius 1 is 1.22 bits per heavy atom. The fourth-order valence-corrected chi connectivity index (χ4v) is 9.87. The highest BCUT2D eigenvalue weighted by Gasteiger charge is 2.56. The predicted molar refractivity (Wildman–Crippen MR) is 159 cm³/mol. The van der Waals surface area contributed by atoms with Crippen molar-refractivity contribution >= 4 is 83.9 Å². The van der Waals surface area contributed by atoms with Gasteiger partial charge in [0.15, 0.2) is 18.2 Å². The number of nitrogens with zero attached hydrogens (tertiary/aromatic N) is 7. The summed E-state index contributed by atoms with van der Waals surface area (Å²) in [5.41, 5.74) is 6.15. The normalized spacial score (nSPS) is 42.0. The van der Waals surface area contributed by atoms with Crippen LogP contribution >= 0.6 is 37.5 Å². The van der Waals surface area contributed by atoms with E-state index < -0.39 is 92.1 Å². The van der Waals surface area contributed by atoms with E-state index >= 15 is 8.78 Å². The van der Waals surface area contributed by atoms with Gasteiger partial charge in [-0.05, 0) is 17.9 Å². The molecule has 7 heterocycles. The number of hydrogen-bond donors (Lipinski definition) is 5. The number of fused-ring (bicyclic) bond motifs is 5. The quantitative estimate of drug-likeness (QED) is 0.219. The molecule has 7 rings (SSSR count). The molecular formula is C20H22F2N10O8P2S3. The van der Waals surface area contributed by atoms with Crippen molar-refractivity contribution in [1.82, 2.24) is 24.9 Å². The van der Waals surface area contributed by atoms with Crippen molar-refractivity contribution in [2.45, 2.75) is 53.5 Å². The van der Waals surface area contributed by atoms with Gasteiger partial charge in [0.25, 0.3) is 5.91 Å². The van der Waals surface area contributed by atoms with Crippen LogP contribution in [0.1, 0.15) is 6.23 Å². The Morgan fingerprint density at radius 3 is 2.82 bits per heavy atom. The zero-order valence-corrected chi connectivity index (χ0v) is 26.6. The first kappa shape index (κ1) is 31.4. The average molecular weight is 727 g/mol. The van der Waals surface area contributed by atoms with Crippen molar-refractivity contribution in [3.63, 3.8) is 0 Å². The largest absolute Gasteiger partial charge is 0.386 e. The van der Waals surface area contributed by atoms with Crippen molar-refractivity contribution in [2.75, 3.05) is 18.9 Å². The fraction of sp³-hybridized carbons (Fsp3) is 0.550. The van der Waals surface area contributed by atoms with Gasteiger partial charge in [0.05, 0.1) is 23.8 Å². The van der Waals surface area contributed by atoms with Gasteiger partial charge in [0, 0.05) is 6.20 Å². The van der Waals surface area contributed by atoms with Gasteiger partial charge >= 0.3 is 13.5 Å². The summed E-state index contributed by atoms with van der Waals surface area (Å²) in [5, 5.41) is 17.0. The Bertz CT molecular complexity index is 1740. The second-order valence-corrected chi connectivity index (χ2v) is 17.2. The van der Waals surface area contributed by atoms with Gasteiger partial charge in [0.1, 0.15) is 47.6 Å². The van der Waals surface area contributed by atoms with Crippen LogP contribution < -0.4 is 11.1 Å². The van der Waals surface area contributed by atoms with Crippen LogP contribution in [0, 0.1) is 5.41 Å². The first-order valence-electron chi connectivity index (χ1n) is 13.0. The number of alkyl halides is 2. The predicted octanol–water partition coefficient (Wildman–Crippen LogP) is 1.61. The highest BCUT2D eigenvalue weighted by Crippen LogP contribution is 2.59. The number of amidine groups is 1. The van der Waals surface area contributed by atoms with Crippen LogP contribution in [0.15, 0.2) is 33.9 Å². The third-order valence-electron chi connectivity index (χ3n) is 7.36. The first-order chi connectivity index (χ1) is 21.3. The van der Waals surface area contributed by atoms with Crippen LogP contribution in [0.4, 0.5) is 14.6 Å². The van der Waals surface area contributed by atoms with Gasteiger partial charge in [-0.2, -0.15) is 4.99 Å². The van der Waals surface area contributed by atoms with Gasteiger partial charge in [0.2, 0.25) is 12.0 Å². The fourth-order valence-electron chi connectivity index (χ4n) is 5.34. The zero-order valence-electron chi connectivity index (χ0n) is 22.3. The molecule has 2 bridgehead atoms. The Hall–Kier alpha value is -2.17. The van der Waals surface area contributed by atoms with E-state index in [9.17, 15) is 14.3 Å². The average Bonchev–Trinajstić information content (AvgIpc) is 3.72. The first-order valence-corrected chi connectivity index (χ1v) is 19.2. The molecule has 18 nitrogen and oxygen atoms in total. The molecule has 25 heteroatoms. The number of guanidine groups is 1. The van der Waals surface area contributed by atoms with Crippen molar-refractivity contribution in [2.24, 2.45) is 15.3 Å². The molecule has 0 aromatic carbocycles. The van der Waals surface area contributed by atoms with E-state index in [2.05, 4.69) is 42.9 Å². The highest BCUT2D eigenvalue weighted by atomic mass is 32.7. The number of hydrogen-bond acceptors (Lipinski definition) is 16. The number of amides is 1. The van der Waals surface area contributed by atoms with E-state index in [1.807, 2.05) is 0 Å². The number of ether oxygens (including phenoxy) is 1. The number of carbonyl (C=O) groups excluding carboxylic acids is 1. The number of thiol groups is 1. The number of nitrogens with two attached hydrogens (primary N) is 1. The Morgan fingerprint density at radius 2 is 2.02 bits per heavy atom. The molecular weight excluding hydrogens is 704 g/mol. The maximum Gasteiger partial charge on any atom is 0.386 e. The molecule has 0 aliphatic carbocycles. The number of halogens is 2. The Labute approximate surface area is 265 Å². The molecule has 0 radical (unpaired) electrons. The van der Waals surface area contributed by atoms with Gasteiger partial charge in [-0.25, -0.2) is 28.3 Å². The topological polar surface area (TPSA) is 233 Å². The zero-order chi connectivity index (χ0) is 31.8. The molecule has 11 atom stereocenters. The highest BCUT2D eigenvalue weighted by molar-refractivity contribution is 8.44. The maximum atomic E-state index is 16.0. The van der Waals surface area contributed by atoms with Crippen LogP contribution in [-0.4, -0.2) is 103 Å². The van der Waals surface area contributed by atoms with Crippen LogP contribution in [0.3, 0.4) is 0 Å². The van der Waals surface area contributed by atoms with Crippen LogP contribution in [0.5, 0.6) is 0 Å². The molecule has 5 aliphatic rings. The summed E-state index contributed by atoms with van der Waals surface area (Å²) in [6.45, 7) is -9.92.